The SMILES string of the molecule is CC12C=CC(=O)C=C1CCC1C2[C@@H](O)CC2(C)C1CC[C@]2(OC(=O)c1ccco1)C(=O)S. The second-order valence-corrected chi connectivity index (χ2v) is 10.7. The molecule has 6 nitrogen and oxygen atoms in total. The van der Waals surface area contributed by atoms with Crippen molar-refractivity contribution in [1.29, 1.82) is 0 Å². The summed E-state index contributed by atoms with van der Waals surface area (Å²) in [4.78, 5) is 37.7. The number of hydrogen-bond donors (Lipinski definition) is 2. The molecule has 170 valence electrons. The molecule has 7 atom stereocenters. The minimum atomic E-state index is -1.42. The summed E-state index contributed by atoms with van der Waals surface area (Å²) in [5.74, 6) is -0.489. The molecule has 0 amide bonds. The number of rotatable bonds is 3. The van der Waals surface area contributed by atoms with Gasteiger partial charge in [0.15, 0.2) is 11.4 Å². The minimum Gasteiger partial charge on any atom is -0.457 e. The van der Waals surface area contributed by atoms with Crippen LogP contribution >= 0.6 is 12.6 Å². The van der Waals surface area contributed by atoms with Crippen LogP contribution in [-0.4, -0.2) is 33.7 Å². The van der Waals surface area contributed by atoms with Crippen LogP contribution in [0.5, 0.6) is 0 Å². The summed E-state index contributed by atoms with van der Waals surface area (Å²) >= 11 is 4.18. The summed E-state index contributed by atoms with van der Waals surface area (Å²) in [5, 5.41) is 11.0. The average molecular weight is 457 g/mol. The van der Waals surface area contributed by atoms with Crippen molar-refractivity contribution in [3.63, 3.8) is 0 Å². The zero-order valence-electron chi connectivity index (χ0n) is 18.2. The summed E-state index contributed by atoms with van der Waals surface area (Å²) in [7, 11) is 0. The van der Waals surface area contributed by atoms with E-state index in [0.29, 0.717) is 19.3 Å². The molecule has 1 heterocycles. The number of ether oxygens (including phenoxy) is 1. The molecule has 1 aromatic rings. The van der Waals surface area contributed by atoms with E-state index in [9.17, 15) is 19.5 Å². The Kier molecular flexibility index (Phi) is 4.88. The van der Waals surface area contributed by atoms with Gasteiger partial charge in [-0.05, 0) is 68.2 Å². The van der Waals surface area contributed by atoms with E-state index in [0.717, 1.165) is 18.4 Å². The van der Waals surface area contributed by atoms with Crippen molar-refractivity contribution in [2.24, 2.45) is 28.6 Å². The molecule has 1 aromatic heterocycles. The summed E-state index contributed by atoms with van der Waals surface area (Å²) in [6.45, 7) is 4.06. The minimum absolute atomic E-state index is 0.00328. The molecular weight excluding hydrogens is 428 g/mol. The Morgan fingerprint density at radius 1 is 1.28 bits per heavy atom. The van der Waals surface area contributed by atoms with Crippen molar-refractivity contribution in [1.82, 2.24) is 0 Å². The van der Waals surface area contributed by atoms with E-state index in [1.165, 1.54) is 12.3 Å². The number of fused-ring (bicyclic) bond motifs is 5. The van der Waals surface area contributed by atoms with Gasteiger partial charge in [0.05, 0.1) is 12.4 Å². The van der Waals surface area contributed by atoms with E-state index in [-0.39, 0.29) is 29.3 Å². The highest BCUT2D eigenvalue weighted by molar-refractivity contribution is 7.96. The van der Waals surface area contributed by atoms with Gasteiger partial charge in [-0.25, -0.2) is 4.79 Å². The lowest BCUT2D eigenvalue weighted by Crippen LogP contribution is -2.61. The molecule has 5 rings (SSSR count). The van der Waals surface area contributed by atoms with Gasteiger partial charge < -0.3 is 14.3 Å². The van der Waals surface area contributed by atoms with Crippen molar-refractivity contribution in [3.8, 4) is 0 Å². The van der Waals surface area contributed by atoms with Gasteiger partial charge in [-0.1, -0.05) is 25.5 Å². The molecule has 0 radical (unpaired) electrons. The van der Waals surface area contributed by atoms with Gasteiger partial charge in [0.1, 0.15) is 0 Å². The first-order valence-electron chi connectivity index (χ1n) is 11.2. The second kappa shape index (κ2) is 7.19. The fourth-order valence-electron chi connectivity index (χ4n) is 7.48. The molecule has 7 heteroatoms. The predicted octanol–water partition coefficient (Wildman–Crippen LogP) is 3.91. The first kappa shape index (κ1) is 21.7. The first-order chi connectivity index (χ1) is 15.1. The van der Waals surface area contributed by atoms with E-state index in [2.05, 4.69) is 19.6 Å². The molecule has 0 spiro atoms. The zero-order chi connectivity index (χ0) is 22.9. The van der Waals surface area contributed by atoms with Crippen LogP contribution in [-0.2, 0) is 14.3 Å². The highest BCUT2D eigenvalue weighted by Gasteiger charge is 2.70. The number of carbonyl (C=O) groups is 3. The molecule has 0 bridgehead atoms. The average Bonchev–Trinajstić information content (AvgIpc) is 3.36. The Labute approximate surface area is 192 Å². The van der Waals surface area contributed by atoms with E-state index in [1.54, 1.807) is 18.2 Å². The van der Waals surface area contributed by atoms with Gasteiger partial charge in [0, 0.05) is 16.7 Å². The molecule has 1 N–H and O–H groups in total. The smallest absolute Gasteiger partial charge is 0.375 e. The lowest BCUT2D eigenvalue weighted by molar-refractivity contribution is -0.171. The van der Waals surface area contributed by atoms with E-state index in [4.69, 9.17) is 9.15 Å². The van der Waals surface area contributed by atoms with Crippen LogP contribution < -0.4 is 0 Å². The van der Waals surface area contributed by atoms with Gasteiger partial charge in [-0.2, -0.15) is 0 Å². The zero-order valence-corrected chi connectivity index (χ0v) is 19.1. The number of thiol groups is 1. The third-order valence-corrected chi connectivity index (χ3v) is 9.31. The van der Waals surface area contributed by atoms with Crippen LogP contribution in [0.3, 0.4) is 0 Å². The maximum absolute atomic E-state index is 12.9. The van der Waals surface area contributed by atoms with Crippen LogP contribution in [0, 0.1) is 28.6 Å². The maximum Gasteiger partial charge on any atom is 0.375 e. The number of aliphatic hydroxyl groups is 1. The second-order valence-electron chi connectivity index (χ2n) is 10.2. The Balaban J connectivity index is 1.52. The fraction of sp³-hybridized carbons (Fsp3) is 0.560. The van der Waals surface area contributed by atoms with Gasteiger partial charge in [0.2, 0.25) is 10.9 Å². The fourth-order valence-corrected chi connectivity index (χ4v) is 7.89. The molecule has 0 saturated heterocycles. The Morgan fingerprint density at radius 2 is 2.06 bits per heavy atom. The van der Waals surface area contributed by atoms with Gasteiger partial charge in [-0.15, -0.1) is 12.6 Å². The predicted molar refractivity (Wildman–Crippen MR) is 119 cm³/mol. The normalized spacial score (nSPS) is 42.5. The van der Waals surface area contributed by atoms with Crippen LogP contribution in [0.15, 0.2) is 46.6 Å². The first-order valence-corrected chi connectivity index (χ1v) is 11.7. The Hall–Kier alpha value is -2.12. The molecule has 3 fully saturated rings. The molecular formula is C25H28O6S. The van der Waals surface area contributed by atoms with Crippen molar-refractivity contribution < 1.29 is 28.6 Å². The van der Waals surface area contributed by atoms with Crippen molar-refractivity contribution in [3.05, 3.63) is 48.0 Å². The van der Waals surface area contributed by atoms with Crippen molar-refractivity contribution in [2.75, 3.05) is 0 Å². The monoisotopic (exact) mass is 456 g/mol. The van der Waals surface area contributed by atoms with E-state index < -0.39 is 33.6 Å². The van der Waals surface area contributed by atoms with Crippen molar-refractivity contribution in [2.45, 2.75) is 57.7 Å². The molecule has 4 aliphatic rings. The van der Waals surface area contributed by atoms with Gasteiger partial charge >= 0.3 is 5.97 Å². The van der Waals surface area contributed by atoms with Crippen LogP contribution in [0.25, 0.3) is 0 Å². The van der Waals surface area contributed by atoms with Crippen LogP contribution in [0.2, 0.25) is 0 Å². The highest BCUT2D eigenvalue weighted by atomic mass is 32.1. The molecule has 32 heavy (non-hydrogen) atoms. The molecule has 0 aliphatic heterocycles. The lowest BCUT2D eigenvalue weighted by Gasteiger charge is -2.59. The van der Waals surface area contributed by atoms with E-state index in [1.807, 2.05) is 13.0 Å². The lowest BCUT2D eigenvalue weighted by atomic mass is 9.46. The summed E-state index contributed by atoms with van der Waals surface area (Å²) in [6, 6.07) is 3.10. The third-order valence-electron chi connectivity index (χ3n) is 8.95. The number of allylic oxidation sites excluding steroid dienone is 4. The number of carbonyl (C=O) groups excluding carboxylic acids is 3. The molecule has 3 saturated carbocycles. The summed E-state index contributed by atoms with van der Waals surface area (Å²) in [6.07, 6.45) is 8.96. The number of hydrogen-bond acceptors (Lipinski definition) is 6. The van der Waals surface area contributed by atoms with Crippen LogP contribution in [0.4, 0.5) is 0 Å². The third kappa shape index (κ3) is 2.80. The Bertz CT molecular complexity index is 1040. The molecule has 5 unspecified atom stereocenters. The number of esters is 1. The molecule has 4 aliphatic carbocycles. The Morgan fingerprint density at radius 3 is 2.75 bits per heavy atom. The van der Waals surface area contributed by atoms with E-state index >= 15 is 0 Å². The quantitative estimate of drug-likeness (QED) is 0.529. The number of aliphatic hydroxyl groups excluding tert-OH is 1. The van der Waals surface area contributed by atoms with Crippen LogP contribution in [0.1, 0.15) is 56.5 Å². The largest absolute Gasteiger partial charge is 0.457 e. The number of ketones is 1. The van der Waals surface area contributed by atoms with Gasteiger partial charge in [-0.3, -0.25) is 9.59 Å². The maximum atomic E-state index is 12.9. The molecule has 0 aromatic carbocycles. The standard InChI is InChI=1S/C25H28O6S/c1-23-9-7-15(26)12-14(23)5-6-16-17-8-10-25(22(29)32,24(17,2)13-18(27)20(16)23)31-21(28)19-4-3-11-30-19/h3-4,7,9,11-12,16-18,20,27H,5-6,8,10,13H2,1-2H3,(H,29,32)/t16?,17?,18-,20?,23?,24?,25-/m0/s1. The topological polar surface area (TPSA) is 93.8 Å². The summed E-state index contributed by atoms with van der Waals surface area (Å²) < 4.78 is 11.1. The number of furan rings is 1. The highest BCUT2D eigenvalue weighted by Crippen LogP contribution is 2.68. The summed E-state index contributed by atoms with van der Waals surface area (Å²) in [5.41, 5.74) is -1.49. The van der Waals surface area contributed by atoms with Crippen molar-refractivity contribution >= 4 is 29.5 Å². The van der Waals surface area contributed by atoms with Gasteiger partial charge in [0.25, 0.3) is 0 Å².